The van der Waals surface area contributed by atoms with Gasteiger partial charge in [-0.1, -0.05) is 0 Å². The van der Waals surface area contributed by atoms with E-state index in [0.29, 0.717) is 18.7 Å². The lowest BCUT2D eigenvalue weighted by molar-refractivity contribution is 0.0929. The molecule has 2 rings (SSSR count). The van der Waals surface area contributed by atoms with Crippen molar-refractivity contribution < 1.29 is 13.9 Å². The van der Waals surface area contributed by atoms with Crippen LogP contribution in [0, 0.1) is 5.82 Å². The quantitative estimate of drug-likeness (QED) is 0.832. The molecule has 0 unspecified atom stereocenters. The Hall–Kier alpha value is -2.28. The van der Waals surface area contributed by atoms with Crippen molar-refractivity contribution in [2.75, 3.05) is 20.3 Å². The Morgan fingerprint density at radius 1 is 1.48 bits per heavy atom. The molecule has 2 aromatic rings. The first-order chi connectivity index (χ1) is 10.1. The monoisotopic (exact) mass is 293 g/mol. The van der Waals surface area contributed by atoms with Gasteiger partial charge in [-0.15, -0.1) is 0 Å². The van der Waals surface area contributed by atoms with Crippen LogP contribution in [-0.4, -0.2) is 35.9 Å². The molecule has 7 heteroatoms. The maximum Gasteiger partial charge on any atom is 0.275 e. The van der Waals surface area contributed by atoms with Crippen molar-refractivity contribution in [1.29, 1.82) is 0 Å². The molecule has 1 heterocycles. The van der Waals surface area contributed by atoms with Gasteiger partial charge in [-0.2, -0.15) is 5.10 Å². The smallest absolute Gasteiger partial charge is 0.275 e. The number of amides is 1. The van der Waals surface area contributed by atoms with E-state index in [0.717, 1.165) is 6.07 Å². The van der Waals surface area contributed by atoms with E-state index in [1.807, 2.05) is 6.92 Å². The average molecular weight is 293 g/mol. The summed E-state index contributed by atoms with van der Waals surface area (Å²) in [7, 11) is 1.51. The van der Waals surface area contributed by atoms with Crippen LogP contribution in [0.4, 0.5) is 4.39 Å². The summed E-state index contributed by atoms with van der Waals surface area (Å²) in [6.45, 7) is 2.88. The van der Waals surface area contributed by atoms with E-state index in [1.54, 1.807) is 0 Å². The highest BCUT2D eigenvalue weighted by Crippen LogP contribution is 2.12. The van der Waals surface area contributed by atoms with E-state index in [-0.39, 0.29) is 17.6 Å². The molecular formula is C14H16FN3O3. The summed E-state index contributed by atoms with van der Waals surface area (Å²) in [5.41, 5.74) is -0.326. The highest BCUT2D eigenvalue weighted by atomic mass is 19.1. The third-order valence-electron chi connectivity index (χ3n) is 3.02. The van der Waals surface area contributed by atoms with Gasteiger partial charge in [0, 0.05) is 20.2 Å². The van der Waals surface area contributed by atoms with Crippen molar-refractivity contribution in [2.24, 2.45) is 0 Å². The summed E-state index contributed by atoms with van der Waals surface area (Å²) < 4.78 is 19.7. The van der Waals surface area contributed by atoms with Crippen LogP contribution >= 0.6 is 0 Å². The Morgan fingerprint density at radius 2 is 2.24 bits per heavy atom. The van der Waals surface area contributed by atoms with E-state index in [2.05, 4.69) is 10.4 Å². The van der Waals surface area contributed by atoms with Gasteiger partial charge in [-0.05, 0) is 25.1 Å². The Morgan fingerprint density at radius 3 is 2.90 bits per heavy atom. The van der Waals surface area contributed by atoms with E-state index in [1.165, 1.54) is 23.9 Å². The second kappa shape index (κ2) is 6.45. The van der Waals surface area contributed by atoms with Crippen LogP contribution in [0.1, 0.15) is 17.4 Å². The second-order valence-electron chi connectivity index (χ2n) is 4.40. The zero-order chi connectivity index (χ0) is 15.4. The van der Waals surface area contributed by atoms with Crippen LogP contribution in [0.15, 0.2) is 23.0 Å². The number of aromatic nitrogens is 2. The molecule has 0 radical (unpaired) electrons. The number of rotatable bonds is 5. The number of benzene rings is 1. The lowest BCUT2D eigenvalue weighted by atomic mass is 10.2. The Kier molecular flexibility index (Phi) is 4.64. The van der Waals surface area contributed by atoms with Gasteiger partial charge >= 0.3 is 0 Å². The van der Waals surface area contributed by atoms with E-state index in [9.17, 15) is 14.0 Å². The van der Waals surface area contributed by atoms with Crippen molar-refractivity contribution in [3.05, 3.63) is 39.9 Å². The number of methoxy groups -OCH3 is 1. The first-order valence-electron chi connectivity index (χ1n) is 6.56. The molecule has 0 saturated heterocycles. The normalized spacial score (nSPS) is 10.8. The van der Waals surface area contributed by atoms with E-state index >= 15 is 0 Å². The van der Waals surface area contributed by atoms with Gasteiger partial charge < -0.3 is 10.1 Å². The minimum Gasteiger partial charge on any atom is -0.383 e. The molecule has 1 aromatic heterocycles. The Bertz CT molecular complexity index is 727. The number of ether oxygens (including phenoxy) is 1. The van der Waals surface area contributed by atoms with E-state index < -0.39 is 17.2 Å². The largest absolute Gasteiger partial charge is 0.383 e. The number of halogens is 1. The van der Waals surface area contributed by atoms with Crippen molar-refractivity contribution >= 4 is 16.8 Å². The second-order valence-corrected chi connectivity index (χ2v) is 4.40. The van der Waals surface area contributed by atoms with Gasteiger partial charge in [0.25, 0.3) is 5.91 Å². The third-order valence-corrected chi connectivity index (χ3v) is 3.02. The molecule has 1 amide bonds. The topological polar surface area (TPSA) is 73.2 Å². The third kappa shape index (κ3) is 3.08. The molecular weight excluding hydrogens is 277 g/mol. The maximum absolute atomic E-state index is 13.3. The lowest BCUT2D eigenvalue weighted by Crippen LogP contribution is -2.33. The minimum absolute atomic E-state index is 0.142. The zero-order valence-electron chi connectivity index (χ0n) is 11.9. The maximum atomic E-state index is 13.3. The van der Waals surface area contributed by atoms with Gasteiger partial charge in [0.15, 0.2) is 5.69 Å². The molecule has 1 N–H and O–H groups in total. The molecule has 0 aliphatic heterocycles. The number of aryl methyl sites for hydroxylation is 1. The molecule has 21 heavy (non-hydrogen) atoms. The number of nitrogens with one attached hydrogen (secondary N) is 1. The number of fused-ring (bicyclic) bond motifs is 1. The molecule has 6 nitrogen and oxygen atoms in total. The summed E-state index contributed by atoms with van der Waals surface area (Å²) in [5.74, 6) is -1.12. The molecule has 112 valence electrons. The van der Waals surface area contributed by atoms with Crippen LogP contribution in [0.5, 0.6) is 0 Å². The lowest BCUT2D eigenvalue weighted by Gasteiger charge is -2.10. The molecule has 0 fully saturated rings. The van der Waals surface area contributed by atoms with Gasteiger partial charge in [-0.3, -0.25) is 14.3 Å². The summed E-state index contributed by atoms with van der Waals surface area (Å²) in [6, 6.07) is 3.86. The Balaban J connectivity index is 2.52. The molecule has 0 saturated carbocycles. The molecule has 0 bridgehead atoms. The van der Waals surface area contributed by atoms with Crippen LogP contribution in [0.25, 0.3) is 10.9 Å². The minimum atomic E-state index is -0.592. The first kappa shape index (κ1) is 15.1. The molecule has 0 spiro atoms. The van der Waals surface area contributed by atoms with Gasteiger partial charge in [0.1, 0.15) is 5.82 Å². The molecule has 1 aromatic carbocycles. The summed E-state index contributed by atoms with van der Waals surface area (Å²) in [5, 5.41) is 6.74. The number of carbonyl (C=O) groups is 1. The van der Waals surface area contributed by atoms with Gasteiger partial charge in [0.2, 0.25) is 5.43 Å². The van der Waals surface area contributed by atoms with E-state index in [4.69, 9.17) is 4.74 Å². The number of carbonyl (C=O) groups excluding carboxylic acids is 1. The predicted molar refractivity (Wildman–Crippen MR) is 75.8 cm³/mol. The standard InChI is InChI=1S/C14H16FN3O3/c1-3-18-11-5-4-9(15)8-10(11)13(19)12(17-18)14(20)16-6-7-21-2/h4-5,8H,3,6-7H2,1-2H3,(H,16,20). The van der Waals surface area contributed by atoms with Crippen LogP contribution in [-0.2, 0) is 11.3 Å². The fourth-order valence-electron chi connectivity index (χ4n) is 2.00. The van der Waals surface area contributed by atoms with Gasteiger partial charge in [-0.25, -0.2) is 4.39 Å². The van der Waals surface area contributed by atoms with Crippen molar-refractivity contribution in [2.45, 2.75) is 13.5 Å². The zero-order valence-corrected chi connectivity index (χ0v) is 11.9. The van der Waals surface area contributed by atoms with Crippen molar-refractivity contribution in [3.8, 4) is 0 Å². The van der Waals surface area contributed by atoms with Crippen LogP contribution in [0.3, 0.4) is 0 Å². The summed E-state index contributed by atoms with van der Waals surface area (Å²) >= 11 is 0. The SMILES string of the molecule is CCn1nc(C(=O)NCCOC)c(=O)c2cc(F)ccc21. The first-order valence-corrected chi connectivity index (χ1v) is 6.56. The van der Waals surface area contributed by atoms with Gasteiger partial charge in [0.05, 0.1) is 17.5 Å². The number of nitrogens with zero attached hydrogens (tertiary/aromatic N) is 2. The fourth-order valence-corrected chi connectivity index (χ4v) is 2.00. The molecule has 0 atom stereocenters. The highest BCUT2D eigenvalue weighted by Gasteiger charge is 2.17. The average Bonchev–Trinajstić information content (AvgIpc) is 2.48. The Labute approximate surface area is 120 Å². The van der Waals surface area contributed by atoms with Crippen LogP contribution in [0.2, 0.25) is 0 Å². The van der Waals surface area contributed by atoms with Crippen molar-refractivity contribution in [3.63, 3.8) is 0 Å². The number of hydrogen-bond acceptors (Lipinski definition) is 4. The summed E-state index contributed by atoms with van der Waals surface area (Å²) in [6.07, 6.45) is 0. The van der Waals surface area contributed by atoms with Crippen molar-refractivity contribution in [1.82, 2.24) is 15.1 Å². The summed E-state index contributed by atoms with van der Waals surface area (Å²) in [4.78, 5) is 24.3. The highest BCUT2D eigenvalue weighted by molar-refractivity contribution is 5.95. The number of hydrogen-bond donors (Lipinski definition) is 1. The molecule has 0 aliphatic carbocycles. The van der Waals surface area contributed by atoms with Crippen LogP contribution < -0.4 is 10.7 Å². The predicted octanol–water partition coefficient (Wildman–Crippen LogP) is 0.932. The molecule has 0 aliphatic rings. The fraction of sp³-hybridized carbons (Fsp3) is 0.357.